The van der Waals surface area contributed by atoms with Crippen molar-refractivity contribution < 1.29 is 27.9 Å². The van der Waals surface area contributed by atoms with Crippen molar-refractivity contribution in [3.8, 4) is 0 Å². The monoisotopic (exact) mass is 336 g/mol. The number of nitrogens with one attached hydrogen (secondary N) is 2. The fraction of sp³-hybridized carbons (Fsp3) is 0.385. The molecule has 0 fully saturated rings. The summed E-state index contributed by atoms with van der Waals surface area (Å²) in [6, 6.07) is 2.31. The molecule has 9 heteroatoms. The van der Waals surface area contributed by atoms with Gasteiger partial charge in [-0.1, -0.05) is 12.1 Å². The molecule has 1 atom stereocenters. The zero-order valence-corrected chi connectivity index (χ0v) is 12.4. The van der Waals surface area contributed by atoms with Gasteiger partial charge in [0.15, 0.2) is 0 Å². The number of benzene rings is 1. The van der Waals surface area contributed by atoms with E-state index in [4.69, 9.17) is 5.11 Å². The van der Waals surface area contributed by atoms with E-state index in [1.165, 1.54) is 23.9 Å². The zero-order chi connectivity index (χ0) is 16.8. The Balaban J connectivity index is 2.78. The molecule has 0 bridgehead atoms. The van der Waals surface area contributed by atoms with Crippen LogP contribution in [-0.2, 0) is 11.0 Å². The Labute approximate surface area is 129 Å². The molecule has 1 rings (SSSR count). The number of hydrogen-bond donors (Lipinski definition) is 3. The minimum Gasteiger partial charge on any atom is -0.480 e. The maximum Gasteiger partial charge on any atom is 0.418 e. The lowest BCUT2D eigenvalue weighted by Gasteiger charge is -2.17. The van der Waals surface area contributed by atoms with Crippen molar-refractivity contribution in [3.05, 3.63) is 29.8 Å². The summed E-state index contributed by atoms with van der Waals surface area (Å²) in [6.45, 7) is 0. The van der Waals surface area contributed by atoms with Crippen molar-refractivity contribution in [1.29, 1.82) is 0 Å². The molecule has 1 aromatic carbocycles. The van der Waals surface area contributed by atoms with Crippen molar-refractivity contribution in [2.24, 2.45) is 0 Å². The first kappa shape index (κ1) is 18.1. The van der Waals surface area contributed by atoms with Crippen LogP contribution in [0.3, 0.4) is 0 Å². The molecule has 0 heterocycles. The minimum atomic E-state index is -4.62. The van der Waals surface area contributed by atoms with Crippen LogP contribution in [0.5, 0.6) is 0 Å². The summed E-state index contributed by atoms with van der Waals surface area (Å²) >= 11 is 1.40. The maximum atomic E-state index is 12.8. The first-order chi connectivity index (χ1) is 10.3. The summed E-state index contributed by atoms with van der Waals surface area (Å²) in [7, 11) is 0. The van der Waals surface area contributed by atoms with E-state index in [1.54, 1.807) is 6.26 Å². The van der Waals surface area contributed by atoms with E-state index in [0.29, 0.717) is 5.75 Å². The highest BCUT2D eigenvalue weighted by molar-refractivity contribution is 7.98. The number of anilines is 1. The van der Waals surface area contributed by atoms with Gasteiger partial charge in [-0.25, -0.2) is 9.59 Å². The lowest BCUT2D eigenvalue weighted by Crippen LogP contribution is -2.43. The van der Waals surface area contributed by atoms with E-state index in [1.807, 2.05) is 5.32 Å². The second kappa shape index (κ2) is 7.92. The molecule has 122 valence electrons. The number of halogens is 3. The third-order valence-electron chi connectivity index (χ3n) is 2.69. The Hall–Kier alpha value is -1.90. The molecule has 0 saturated carbocycles. The number of hydrogen-bond acceptors (Lipinski definition) is 3. The number of para-hydroxylation sites is 1. The molecule has 1 aromatic rings. The van der Waals surface area contributed by atoms with Gasteiger partial charge in [-0.2, -0.15) is 24.9 Å². The molecule has 22 heavy (non-hydrogen) atoms. The van der Waals surface area contributed by atoms with Crippen LogP contribution in [0, 0.1) is 0 Å². The molecular formula is C13H15F3N2O3S. The number of carbonyl (C=O) groups excluding carboxylic acids is 1. The van der Waals surface area contributed by atoms with Crippen molar-refractivity contribution >= 4 is 29.4 Å². The molecule has 0 saturated heterocycles. The maximum absolute atomic E-state index is 12.8. The Morgan fingerprint density at radius 2 is 1.95 bits per heavy atom. The van der Waals surface area contributed by atoms with Gasteiger partial charge in [0.25, 0.3) is 0 Å². The molecule has 0 radical (unpaired) electrons. The quantitative estimate of drug-likeness (QED) is 0.746. The zero-order valence-electron chi connectivity index (χ0n) is 11.6. The third kappa shape index (κ3) is 5.47. The van der Waals surface area contributed by atoms with Crippen LogP contribution >= 0.6 is 11.8 Å². The number of amides is 2. The number of alkyl halides is 3. The molecule has 0 aliphatic rings. The van der Waals surface area contributed by atoms with Gasteiger partial charge in [0.1, 0.15) is 6.04 Å². The van der Waals surface area contributed by atoms with Gasteiger partial charge in [0.2, 0.25) is 0 Å². The average Bonchev–Trinajstić information content (AvgIpc) is 2.42. The number of carboxylic acid groups (broad SMARTS) is 1. The van der Waals surface area contributed by atoms with Crippen LogP contribution in [0.1, 0.15) is 12.0 Å². The smallest absolute Gasteiger partial charge is 0.418 e. The van der Waals surface area contributed by atoms with Crippen molar-refractivity contribution in [2.45, 2.75) is 18.6 Å². The van der Waals surface area contributed by atoms with E-state index in [9.17, 15) is 22.8 Å². The average molecular weight is 336 g/mol. The van der Waals surface area contributed by atoms with E-state index < -0.39 is 35.5 Å². The van der Waals surface area contributed by atoms with Gasteiger partial charge in [-0.05, 0) is 30.6 Å². The molecule has 0 aromatic heterocycles. The Kier molecular flexibility index (Phi) is 6.54. The Morgan fingerprint density at radius 3 is 2.50 bits per heavy atom. The standard InChI is InChI=1S/C13H15F3N2O3S/c1-22-7-6-10(11(19)20)18-12(21)17-9-5-3-2-4-8(9)13(14,15)16/h2-5,10H,6-7H2,1H3,(H,19,20)(H2,17,18,21). The van der Waals surface area contributed by atoms with Gasteiger partial charge in [0.05, 0.1) is 11.3 Å². The Bertz CT molecular complexity index is 538. The summed E-state index contributed by atoms with van der Waals surface area (Å²) in [5.74, 6) is -0.746. The van der Waals surface area contributed by atoms with Gasteiger partial charge in [-0.3, -0.25) is 0 Å². The van der Waals surface area contributed by atoms with E-state index in [-0.39, 0.29) is 6.42 Å². The van der Waals surface area contributed by atoms with E-state index >= 15 is 0 Å². The minimum absolute atomic E-state index is 0.171. The molecule has 1 unspecified atom stereocenters. The van der Waals surface area contributed by atoms with E-state index in [0.717, 1.165) is 12.1 Å². The number of rotatable bonds is 6. The summed E-state index contributed by atoms with van der Waals surface area (Å²) in [5, 5.41) is 13.2. The van der Waals surface area contributed by atoms with Crippen LogP contribution in [0.4, 0.5) is 23.7 Å². The molecule has 0 aliphatic carbocycles. The number of thioether (sulfide) groups is 1. The van der Waals surface area contributed by atoms with Gasteiger partial charge < -0.3 is 15.7 Å². The van der Waals surface area contributed by atoms with Crippen LogP contribution in [0.25, 0.3) is 0 Å². The summed E-state index contributed by atoms with van der Waals surface area (Å²) in [4.78, 5) is 22.7. The van der Waals surface area contributed by atoms with Gasteiger partial charge >= 0.3 is 18.2 Å². The number of carbonyl (C=O) groups is 2. The van der Waals surface area contributed by atoms with Gasteiger partial charge in [-0.15, -0.1) is 0 Å². The van der Waals surface area contributed by atoms with Gasteiger partial charge in [0, 0.05) is 0 Å². The van der Waals surface area contributed by atoms with Crippen LogP contribution < -0.4 is 10.6 Å². The highest BCUT2D eigenvalue weighted by Gasteiger charge is 2.33. The lowest BCUT2D eigenvalue weighted by molar-refractivity contribution is -0.139. The number of aliphatic carboxylic acids is 1. The largest absolute Gasteiger partial charge is 0.480 e. The SMILES string of the molecule is CSCCC(NC(=O)Nc1ccccc1C(F)(F)F)C(=O)O. The molecular weight excluding hydrogens is 321 g/mol. The normalized spacial score (nSPS) is 12.5. The topological polar surface area (TPSA) is 78.4 Å². The van der Waals surface area contributed by atoms with E-state index in [2.05, 4.69) is 5.32 Å². The molecule has 0 aliphatic heterocycles. The molecule has 5 nitrogen and oxygen atoms in total. The van der Waals surface area contributed by atoms with Crippen LogP contribution in [0.15, 0.2) is 24.3 Å². The first-order valence-corrected chi connectivity index (χ1v) is 7.60. The predicted molar refractivity (Wildman–Crippen MR) is 78.0 cm³/mol. The number of urea groups is 1. The van der Waals surface area contributed by atoms with Crippen LogP contribution in [0.2, 0.25) is 0 Å². The first-order valence-electron chi connectivity index (χ1n) is 6.21. The van der Waals surface area contributed by atoms with Crippen LogP contribution in [-0.4, -0.2) is 35.2 Å². The fourth-order valence-electron chi connectivity index (χ4n) is 1.65. The molecule has 0 spiro atoms. The predicted octanol–water partition coefficient (Wildman–Crippen LogP) is 3.03. The number of carboxylic acids is 1. The molecule has 3 N–H and O–H groups in total. The highest BCUT2D eigenvalue weighted by Crippen LogP contribution is 2.34. The second-order valence-electron chi connectivity index (χ2n) is 4.31. The lowest BCUT2D eigenvalue weighted by atomic mass is 10.1. The Morgan fingerprint density at radius 1 is 1.32 bits per heavy atom. The van der Waals surface area contributed by atoms with Crippen molar-refractivity contribution in [1.82, 2.24) is 5.32 Å². The van der Waals surface area contributed by atoms with Crippen molar-refractivity contribution in [2.75, 3.05) is 17.3 Å². The second-order valence-corrected chi connectivity index (χ2v) is 5.30. The highest BCUT2D eigenvalue weighted by atomic mass is 32.2. The summed E-state index contributed by atoms with van der Waals surface area (Å²) in [5.41, 5.74) is -1.43. The van der Waals surface area contributed by atoms with Crippen molar-refractivity contribution in [3.63, 3.8) is 0 Å². The summed E-state index contributed by atoms with van der Waals surface area (Å²) < 4.78 is 38.4. The third-order valence-corrected chi connectivity index (χ3v) is 3.34. The summed E-state index contributed by atoms with van der Waals surface area (Å²) in [6.07, 6.45) is -2.67. The molecule has 2 amide bonds. The fourth-order valence-corrected chi connectivity index (χ4v) is 2.12.